The largest absolute Gasteiger partial charge is 0.472 e. The highest BCUT2D eigenvalue weighted by Crippen LogP contribution is 2.45. The zero-order valence-corrected chi connectivity index (χ0v) is 66.8. The summed E-state index contributed by atoms with van der Waals surface area (Å²) in [6.45, 7) is 12.0. The molecule has 0 bridgehead atoms. The van der Waals surface area contributed by atoms with Crippen LogP contribution >= 0.6 is 15.6 Å². The maximum absolute atomic E-state index is 13.1. The van der Waals surface area contributed by atoms with Crippen LogP contribution in [0.3, 0.4) is 0 Å². The Bertz CT molecular complexity index is 1920. The van der Waals surface area contributed by atoms with Crippen molar-refractivity contribution in [2.45, 2.75) is 433 Å². The quantitative estimate of drug-likeness (QED) is 0.0222. The molecule has 0 aromatic carbocycles. The van der Waals surface area contributed by atoms with E-state index in [1.165, 1.54) is 225 Å². The summed E-state index contributed by atoms with van der Waals surface area (Å²) in [5.41, 5.74) is 0. The molecule has 6 atom stereocenters. The van der Waals surface area contributed by atoms with Crippen molar-refractivity contribution in [3.8, 4) is 0 Å². The summed E-state index contributed by atoms with van der Waals surface area (Å²) < 4.78 is 68.7. The van der Waals surface area contributed by atoms with Crippen LogP contribution < -0.4 is 0 Å². The molecule has 0 saturated carbocycles. The molecule has 0 aromatic heterocycles. The Kier molecular flexibility index (Phi) is 69.0. The molecular formula is C80H156O17P2. The van der Waals surface area contributed by atoms with Crippen molar-refractivity contribution in [2.24, 2.45) is 17.8 Å². The molecule has 17 nitrogen and oxygen atoms in total. The van der Waals surface area contributed by atoms with Crippen LogP contribution in [-0.4, -0.2) is 96.7 Å². The van der Waals surface area contributed by atoms with Crippen LogP contribution in [0.1, 0.15) is 414 Å². The highest BCUT2D eigenvalue weighted by Gasteiger charge is 2.30. The van der Waals surface area contributed by atoms with Crippen molar-refractivity contribution in [2.75, 3.05) is 39.6 Å². The molecule has 0 aliphatic rings. The fraction of sp³-hybridized carbons (Fsp3) is 0.950. The van der Waals surface area contributed by atoms with Gasteiger partial charge in [0.05, 0.1) is 26.4 Å². The van der Waals surface area contributed by atoms with Gasteiger partial charge in [-0.2, -0.15) is 0 Å². The highest BCUT2D eigenvalue weighted by molar-refractivity contribution is 7.47. The zero-order valence-electron chi connectivity index (χ0n) is 65.0. The Hall–Kier alpha value is -1.94. The van der Waals surface area contributed by atoms with E-state index in [1.54, 1.807) is 0 Å². The van der Waals surface area contributed by atoms with Gasteiger partial charge in [0, 0.05) is 25.7 Å². The second-order valence-electron chi connectivity index (χ2n) is 30.0. The van der Waals surface area contributed by atoms with Gasteiger partial charge in [-0.25, -0.2) is 9.13 Å². The fourth-order valence-electron chi connectivity index (χ4n) is 12.3. The van der Waals surface area contributed by atoms with Crippen molar-refractivity contribution < 1.29 is 80.2 Å². The Balaban J connectivity index is 5.26. The first-order valence-corrected chi connectivity index (χ1v) is 44.4. The van der Waals surface area contributed by atoms with Crippen molar-refractivity contribution in [1.82, 2.24) is 0 Å². The standard InChI is InChI=1S/C80H156O17P2/c1-8-10-11-12-13-14-15-20-28-33-42-49-56-63-79(84)97-76(68-91-78(83)62-55-48-41-36-35-39-46-53-60-73(7)9-2)70-95-99(88,89)93-66-74(81)65-92-98(86,87)94-69-75(67-90-77(82)61-54-47-40-32-27-24-23-26-31-38-45-52-59-72(5)6)96-80(85)64-57-50-43-34-29-22-19-17-16-18-21-25-30-37-44-51-58-71(3)4/h71-76,81H,8-70H2,1-7H3,(H,86,87)(H,88,89)/t73?,74-,75-,76-/m1/s1. The number of carbonyl (C=O) groups is 4. The normalized spacial score (nSPS) is 14.3. The predicted octanol–water partition coefficient (Wildman–Crippen LogP) is 23.7. The first-order valence-electron chi connectivity index (χ1n) is 41.4. The number of aliphatic hydroxyl groups is 1. The summed E-state index contributed by atoms with van der Waals surface area (Å²) in [7, 11) is -9.92. The van der Waals surface area contributed by atoms with Crippen LogP contribution in [0.2, 0.25) is 0 Å². The van der Waals surface area contributed by atoms with Crippen LogP contribution in [0.25, 0.3) is 0 Å². The van der Waals surface area contributed by atoms with Gasteiger partial charge in [-0.3, -0.25) is 37.3 Å². The van der Waals surface area contributed by atoms with E-state index in [2.05, 4.69) is 48.5 Å². The second kappa shape index (κ2) is 70.4. The molecule has 3 unspecified atom stereocenters. The third-order valence-electron chi connectivity index (χ3n) is 19.0. The fourth-order valence-corrected chi connectivity index (χ4v) is 13.9. The summed E-state index contributed by atoms with van der Waals surface area (Å²) in [6.07, 6.45) is 58.1. The van der Waals surface area contributed by atoms with Gasteiger partial charge in [0.1, 0.15) is 19.3 Å². The number of phosphoric ester groups is 2. The lowest BCUT2D eigenvalue weighted by Gasteiger charge is -2.21. The predicted molar refractivity (Wildman–Crippen MR) is 405 cm³/mol. The van der Waals surface area contributed by atoms with Gasteiger partial charge >= 0.3 is 39.5 Å². The van der Waals surface area contributed by atoms with Gasteiger partial charge in [-0.1, -0.05) is 363 Å². The molecule has 0 aliphatic heterocycles. The number of carbonyl (C=O) groups excluding carboxylic acids is 4. The Morgan fingerprint density at radius 2 is 0.515 bits per heavy atom. The number of esters is 4. The smallest absolute Gasteiger partial charge is 0.462 e. The lowest BCUT2D eigenvalue weighted by molar-refractivity contribution is -0.161. The number of aliphatic hydroxyl groups excluding tert-OH is 1. The Morgan fingerprint density at radius 1 is 0.293 bits per heavy atom. The van der Waals surface area contributed by atoms with E-state index in [0.29, 0.717) is 25.7 Å². The first-order chi connectivity index (χ1) is 47.8. The van der Waals surface area contributed by atoms with Gasteiger partial charge in [-0.15, -0.1) is 0 Å². The minimum atomic E-state index is -4.96. The zero-order chi connectivity index (χ0) is 73.0. The van der Waals surface area contributed by atoms with Gasteiger partial charge in [0.25, 0.3) is 0 Å². The molecule has 0 radical (unpaired) electrons. The summed E-state index contributed by atoms with van der Waals surface area (Å²) >= 11 is 0. The third kappa shape index (κ3) is 72.8. The topological polar surface area (TPSA) is 237 Å². The van der Waals surface area contributed by atoms with Gasteiger partial charge < -0.3 is 33.8 Å². The number of hydrogen-bond acceptors (Lipinski definition) is 15. The molecule has 588 valence electrons. The van der Waals surface area contributed by atoms with Crippen LogP contribution in [0, 0.1) is 17.8 Å². The Morgan fingerprint density at radius 3 is 0.768 bits per heavy atom. The van der Waals surface area contributed by atoms with E-state index in [4.69, 9.17) is 37.0 Å². The summed E-state index contributed by atoms with van der Waals surface area (Å²) in [5, 5.41) is 10.6. The summed E-state index contributed by atoms with van der Waals surface area (Å²) in [6, 6.07) is 0. The molecule has 0 fully saturated rings. The molecule has 3 N–H and O–H groups in total. The molecule has 0 rings (SSSR count). The lowest BCUT2D eigenvalue weighted by Crippen LogP contribution is -2.30. The van der Waals surface area contributed by atoms with Crippen molar-refractivity contribution in [3.63, 3.8) is 0 Å². The van der Waals surface area contributed by atoms with E-state index in [9.17, 15) is 43.2 Å². The first kappa shape index (κ1) is 97.1. The van der Waals surface area contributed by atoms with Crippen LogP contribution in [0.15, 0.2) is 0 Å². The van der Waals surface area contributed by atoms with Crippen LogP contribution in [0.5, 0.6) is 0 Å². The van der Waals surface area contributed by atoms with E-state index < -0.39 is 97.5 Å². The molecule has 19 heteroatoms. The average Bonchev–Trinajstić information content (AvgIpc) is 1.13. The van der Waals surface area contributed by atoms with Crippen molar-refractivity contribution in [3.05, 3.63) is 0 Å². The number of unbranched alkanes of at least 4 members (excludes halogenated alkanes) is 45. The highest BCUT2D eigenvalue weighted by atomic mass is 31.2. The number of hydrogen-bond donors (Lipinski definition) is 3. The number of phosphoric acid groups is 2. The lowest BCUT2D eigenvalue weighted by atomic mass is 9.99. The van der Waals surface area contributed by atoms with Crippen LogP contribution in [0.4, 0.5) is 0 Å². The third-order valence-corrected chi connectivity index (χ3v) is 20.9. The van der Waals surface area contributed by atoms with E-state index in [0.717, 1.165) is 108 Å². The minimum absolute atomic E-state index is 0.107. The molecule has 99 heavy (non-hydrogen) atoms. The SMILES string of the molecule is CCCCCCCCCCCCCCCC(=O)O[C@H](COC(=O)CCCCCCCCCCC(C)CC)COP(=O)(O)OC[C@H](O)COP(=O)(O)OC[C@@H](COC(=O)CCCCCCCCCCCCCCC(C)C)OC(=O)CCCCCCCCCCCCCCCCCCC(C)C. The monoisotopic (exact) mass is 1450 g/mol. The summed E-state index contributed by atoms with van der Waals surface area (Å²) in [5.74, 6) is 0.258. The maximum atomic E-state index is 13.1. The van der Waals surface area contributed by atoms with Gasteiger partial charge in [0.15, 0.2) is 12.2 Å². The summed E-state index contributed by atoms with van der Waals surface area (Å²) in [4.78, 5) is 73.0. The molecular weight excluding hydrogens is 1290 g/mol. The van der Waals surface area contributed by atoms with E-state index in [1.807, 2.05) is 0 Å². The van der Waals surface area contributed by atoms with Crippen molar-refractivity contribution in [1.29, 1.82) is 0 Å². The van der Waals surface area contributed by atoms with Gasteiger partial charge in [-0.05, 0) is 43.4 Å². The average molecular weight is 1450 g/mol. The molecule has 0 saturated heterocycles. The molecule has 0 amide bonds. The molecule has 0 heterocycles. The Labute approximate surface area is 607 Å². The van der Waals surface area contributed by atoms with Crippen LogP contribution in [-0.2, 0) is 65.4 Å². The van der Waals surface area contributed by atoms with Crippen molar-refractivity contribution >= 4 is 39.5 Å². The van der Waals surface area contributed by atoms with E-state index in [-0.39, 0.29) is 25.7 Å². The second-order valence-corrected chi connectivity index (χ2v) is 32.9. The molecule has 0 aromatic rings. The minimum Gasteiger partial charge on any atom is -0.462 e. The van der Waals surface area contributed by atoms with E-state index >= 15 is 0 Å². The number of rotatable bonds is 78. The maximum Gasteiger partial charge on any atom is 0.472 e. The molecule has 0 spiro atoms. The van der Waals surface area contributed by atoms with Gasteiger partial charge in [0.2, 0.25) is 0 Å². The number of ether oxygens (including phenoxy) is 4. The molecule has 0 aliphatic carbocycles.